The summed E-state index contributed by atoms with van der Waals surface area (Å²) >= 11 is 3.47. The molecule has 0 amide bonds. The Morgan fingerprint density at radius 2 is 2.00 bits per heavy atom. The first kappa shape index (κ1) is 14.5. The van der Waals surface area contributed by atoms with E-state index in [-0.39, 0.29) is 6.04 Å². The van der Waals surface area contributed by atoms with E-state index in [1.807, 2.05) is 12.1 Å². The fourth-order valence-electron chi connectivity index (χ4n) is 2.60. The van der Waals surface area contributed by atoms with Gasteiger partial charge in [0.15, 0.2) is 11.6 Å². The van der Waals surface area contributed by atoms with Crippen molar-refractivity contribution in [3.05, 3.63) is 63.1 Å². The molecule has 2 aromatic rings. The highest BCUT2D eigenvalue weighted by Crippen LogP contribution is 2.36. The zero-order valence-corrected chi connectivity index (χ0v) is 12.8. The Balaban J connectivity index is 1.89. The molecule has 0 saturated heterocycles. The highest BCUT2D eigenvalue weighted by molar-refractivity contribution is 9.10. The molecule has 2 nitrogen and oxygen atoms in total. The summed E-state index contributed by atoms with van der Waals surface area (Å²) in [6, 6.07) is 7.48. The van der Waals surface area contributed by atoms with E-state index in [1.165, 1.54) is 6.07 Å². The molecule has 1 heterocycles. The molecule has 0 aromatic heterocycles. The van der Waals surface area contributed by atoms with E-state index in [2.05, 4.69) is 15.9 Å². The molecule has 0 bridgehead atoms. The molecule has 0 saturated carbocycles. The Kier molecular flexibility index (Phi) is 3.95. The topological polar surface area (TPSA) is 35.2 Å². The van der Waals surface area contributed by atoms with Crippen molar-refractivity contribution in [2.45, 2.75) is 18.9 Å². The van der Waals surface area contributed by atoms with Gasteiger partial charge in [-0.15, -0.1) is 0 Å². The van der Waals surface area contributed by atoms with Crippen molar-refractivity contribution in [1.82, 2.24) is 0 Å². The van der Waals surface area contributed by atoms with Crippen LogP contribution in [0.15, 0.2) is 34.8 Å². The maximum Gasteiger partial charge on any atom is 0.159 e. The van der Waals surface area contributed by atoms with E-state index < -0.39 is 11.6 Å². The lowest BCUT2D eigenvalue weighted by Crippen LogP contribution is -2.14. The third-order valence-electron chi connectivity index (χ3n) is 3.62. The quantitative estimate of drug-likeness (QED) is 0.907. The summed E-state index contributed by atoms with van der Waals surface area (Å²) in [7, 11) is 0. The smallest absolute Gasteiger partial charge is 0.159 e. The van der Waals surface area contributed by atoms with Gasteiger partial charge in [-0.1, -0.05) is 22.0 Å². The SMILES string of the molecule is NC(Cc1ccc(F)c(F)c1)c1cc(Br)cc2c1OCC2. The highest BCUT2D eigenvalue weighted by atomic mass is 79.9. The predicted molar refractivity (Wildman–Crippen MR) is 80.3 cm³/mol. The second-order valence-corrected chi connectivity index (χ2v) is 6.06. The number of benzene rings is 2. The van der Waals surface area contributed by atoms with Crippen molar-refractivity contribution in [2.75, 3.05) is 6.61 Å². The lowest BCUT2D eigenvalue weighted by Gasteiger charge is -2.16. The molecule has 0 aliphatic carbocycles. The van der Waals surface area contributed by atoms with Crippen molar-refractivity contribution in [2.24, 2.45) is 5.73 Å². The molecule has 0 radical (unpaired) electrons. The van der Waals surface area contributed by atoms with Gasteiger partial charge >= 0.3 is 0 Å². The largest absolute Gasteiger partial charge is 0.493 e. The van der Waals surface area contributed by atoms with E-state index in [0.29, 0.717) is 18.6 Å². The number of hydrogen-bond acceptors (Lipinski definition) is 2. The molecule has 0 fully saturated rings. The molecule has 110 valence electrons. The van der Waals surface area contributed by atoms with Crippen LogP contribution in [0.1, 0.15) is 22.7 Å². The van der Waals surface area contributed by atoms with Crippen LogP contribution in [0.3, 0.4) is 0 Å². The molecule has 1 aliphatic heterocycles. The minimum absolute atomic E-state index is 0.334. The van der Waals surface area contributed by atoms with Gasteiger partial charge in [0.2, 0.25) is 0 Å². The fourth-order valence-corrected chi connectivity index (χ4v) is 3.13. The Morgan fingerprint density at radius 3 is 2.76 bits per heavy atom. The van der Waals surface area contributed by atoms with Gasteiger partial charge in [-0.05, 0) is 41.8 Å². The molecule has 5 heteroatoms. The van der Waals surface area contributed by atoms with Crippen LogP contribution in [0.5, 0.6) is 5.75 Å². The lowest BCUT2D eigenvalue weighted by atomic mass is 9.97. The number of ether oxygens (including phenoxy) is 1. The average molecular weight is 354 g/mol. The molecule has 21 heavy (non-hydrogen) atoms. The lowest BCUT2D eigenvalue weighted by molar-refractivity contribution is 0.351. The Hall–Kier alpha value is -1.46. The molecular weight excluding hydrogens is 340 g/mol. The van der Waals surface area contributed by atoms with Crippen LogP contribution < -0.4 is 10.5 Å². The third-order valence-corrected chi connectivity index (χ3v) is 4.07. The summed E-state index contributed by atoms with van der Waals surface area (Å²) in [5.74, 6) is -0.872. The Labute approximate surface area is 130 Å². The van der Waals surface area contributed by atoms with E-state index in [4.69, 9.17) is 10.5 Å². The van der Waals surface area contributed by atoms with E-state index in [0.717, 1.165) is 33.8 Å². The van der Waals surface area contributed by atoms with E-state index in [1.54, 1.807) is 6.07 Å². The number of nitrogens with two attached hydrogens (primary N) is 1. The van der Waals surface area contributed by atoms with Crippen molar-refractivity contribution in [3.63, 3.8) is 0 Å². The number of rotatable bonds is 3. The molecule has 0 spiro atoms. The van der Waals surface area contributed by atoms with Gasteiger partial charge in [-0.25, -0.2) is 8.78 Å². The molecule has 1 unspecified atom stereocenters. The van der Waals surface area contributed by atoms with E-state index >= 15 is 0 Å². The summed E-state index contributed by atoms with van der Waals surface area (Å²) in [5, 5.41) is 0. The minimum Gasteiger partial charge on any atom is -0.493 e. The monoisotopic (exact) mass is 353 g/mol. The third kappa shape index (κ3) is 2.94. The number of hydrogen-bond donors (Lipinski definition) is 1. The first-order valence-electron chi connectivity index (χ1n) is 6.69. The van der Waals surface area contributed by atoms with Gasteiger partial charge in [0.05, 0.1) is 6.61 Å². The van der Waals surface area contributed by atoms with Crippen molar-refractivity contribution in [3.8, 4) is 5.75 Å². The molecular formula is C16H14BrF2NO. The highest BCUT2D eigenvalue weighted by Gasteiger charge is 2.21. The van der Waals surface area contributed by atoms with Crippen LogP contribution in [-0.2, 0) is 12.8 Å². The van der Waals surface area contributed by atoms with Gasteiger partial charge < -0.3 is 10.5 Å². The van der Waals surface area contributed by atoms with Crippen LogP contribution in [0.4, 0.5) is 8.78 Å². The maximum atomic E-state index is 13.3. The van der Waals surface area contributed by atoms with Gasteiger partial charge in [-0.2, -0.15) is 0 Å². The first-order chi connectivity index (χ1) is 10.0. The summed E-state index contributed by atoms with van der Waals surface area (Å²) < 4.78 is 32.8. The van der Waals surface area contributed by atoms with Crippen LogP contribution in [0.2, 0.25) is 0 Å². The maximum absolute atomic E-state index is 13.3. The van der Waals surface area contributed by atoms with Gasteiger partial charge in [0.1, 0.15) is 5.75 Å². The van der Waals surface area contributed by atoms with Crippen LogP contribution in [0, 0.1) is 11.6 Å². The van der Waals surface area contributed by atoms with Crippen LogP contribution >= 0.6 is 15.9 Å². The Morgan fingerprint density at radius 1 is 1.19 bits per heavy atom. The molecule has 2 aromatic carbocycles. The normalized spacial score (nSPS) is 14.7. The van der Waals surface area contributed by atoms with Crippen molar-refractivity contribution >= 4 is 15.9 Å². The summed E-state index contributed by atoms with van der Waals surface area (Å²) in [5.41, 5.74) is 8.92. The van der Waals surface area contributed by atoms with Gasteiger partial charge in [0.25, 0.3) is 0 Å². The zero-order chi connectivity index (χ0) is 15.0. The second kappa shape index (κ2) is 5.73. The average Bonchev–Trinajstić information content (AvgIpc) is 2.90. The number of halogens is 3. The summed E-state index contributed by atoms with van der Waals surface area (Å²) in [4.78, 5) is 0. The summed E-state index contributed by atoms with van der Waals surface area (Å²) in [6.07, 6.45) is 1.28. The van der Waals surface area contributed by atoms with Crippen LogP contribution in [0.25, 0.3) is 0 Å². The number of fused-ring (bicyclic) bond motifs is 1. The molecule has 3 rings (SSSR count). The Bertz CT molecular complexity index is 690. The minimum atomic E-state index is -0.851. The van der Waals surface area contributed by atoms with E-state index in [9.17, 15) is 8.78 Å². The van der Waals surface area contributed by atoms with Crippen molar-refractivity contribution in [1.29, 1.82) is 0 Å². The van der Waals surface area contributed by atoms with Gasteiger partial charge in [-0.3, -0.25) is 0 Å². The predicted octanol–water partition coefficient (Wildman–Crippen LogP) is 3.90. The standard InChI is InChI=1S/C16H14BrF2NO/c17-11-7-10-3-4-21-16(10)12(8-11)15(20)6-9-1-2-13(18)14(19)5-9/h1-2,5,7-8,15H,3-4,6,20H2. The van der Waals surface area contributed by atoms with Crippen molar-refractivity contribution < 1.29 is 13.5 Å². The van der Waals surface area contributed by atoms with Gasteiger partial charge in [0, 0.05) is 22.5 Å². The second-order valence-electron chi connectivity index (χ2n) is 5.14. The molecule has 2 N–H and O–H groups in total. The summed E-state index contributed by atoms with van der Waals surface area (Å²) in [6.45, 7) is 0.649. The molecule has 1 atom stereocenters. The first-order valence-corrected chi connectivity index (χ1v) is 7.48. The molecule has 1 aliphatic rings. The fraction of sp³-hybridized carbons (Fsp3) is 0.250. The van der Waals surface area contributed by atoms with Crippen LogP contribution in [-0.4, -0.2) is 6.61 Å². The zero-order valence-electron chi connectivity index (χ0n) is 11.2.